The van der Waals surface area contributed by atoms with E-state index in [0.717, 1.165) is 0 Å². The molecule has 16 heavy (non-hydrogen) atoms. The summed E-state index contributed by atoms with van der Waals surface area (Å²) < 4.78 is 10.1. The van der Waals surface area contributed by atoms with E-state index in [0.29, 0.717) is 24.7 Å². The Balaban J connectivity index is 3.05. The van der Waals surface area contributed by atoms with Crippen LogP contribution in [0.2, 0.25) is 5.02 Å². The maximum absolute atomic E-state index is 11.5. The van der Waals surface area contributed by atoms with Gasteiger partial charge in [-0.3, -0.25) is 0 Å². The van der Waals surface area contributed by atoms with Gasteiger partial charge in [-0.25, -0.2) is 4.79 Å². The van der Waals surface area contributed by atoms with E-state index in [2.05, 4.69) is 0 Å². The van der Waals surface area contributed by atoms with E-state index in [9.17, 15) is 4.79 Å². The van der Waals surface area contributed by atoms with Gasteiger partial charge in [0, 0.05) is 6.07 Å². The highest BCUT2D eigenvalue weighted by atomic mass is 35.5. The van der Waals surface area contributed by atoms with Crippen molar-refractivity contribution in [2.75, 3.05) is 18.9 Å². The maximum Gasteiger partial charge on any atom is 0.339 e. The fourth-order valence-corrected chi connectivity index (χ4v) is 1.45. The minimum absolute atomic E-state index is 0.254. The summed E-state index contributed by atoms with van der Waals surface area (Å²) in [7, 11) is 0. The molecule has 1 aromatic rings. The molecule has 5 heteroatoms. The van der Waals surface area contributed by atoms with Crippen LogP contribution >= 0.6 is 11.6 Å². The second-order valence-electron chi connectivity index (χ2n) is 3.02. The van der Waals surface area contributed by atoms with Gasteiger partial charge in [-0.05, 0) is 19.9 Å². The molecule has 0 aliphatic carbocycles. The maximum atomic E-state index is 11.5. The number of carbonyl (C=O) groups is 1. The van der Waals surface area contributed by atoms with Crippen LogP contribution < -0.4 is 10.5 Å². The summed E-state index contributed by atoms with van der Waals surface area (Å²) in [5.74, 6) is -0.0113. The van der Waals surface area contributed by atoms with Crippen molar-refractivity contribution in [1.82, 2.24) is 0 Å². The molecule has 0 saturated heterocycles. The molecule has 0 fully saturated rings. The van der Waals surface area contributed by atoms with Gasteiger partial charge in [0.15, 0.2) is 0 Å². The van der Waals surface area contributed by atoms with E-state index < -0.39 is 5.97 Å². The van der Waals surface area contributed by atoms with Crippen molar-refractivity contribution < 1.29 is 14.3 Å². The first-order chi connectivity index (χ1) is 7.60. The van der Waals surface area contributed by atoms with Crippen molar-refractivity contribution >= 4 is 23.3 Å². The first kappa shape index (κ1) is 12.6. The summed E-state index contributed by atoms with van der Waals surface area (Å²) in [5, 5.41) is 0.274. The first-order valence-corrected chi connectivity index (χ1v) is 5.36. The molecule has 0 spiro atoms. The molecule has 0 radical (unpaired) electrons. The highest BCUT2D eigenvalue weighted by Crippen LogP contribution is 2.29. The zero-order chi connectivity index (χ0) is 12.1. The second-order valence-corrected chi connectivity index (χ2v) is 3.43. The molecular weight excluding hydrogens is 230 g/mol. The molecule has 1 rings (SSSR count). The average Bonchev–Trinajstić information content (AvgIpc) is 2.23. The lowest BCUT2D eigenvalue weighted by atomic mass is 10.2. The molecular formula is C11H14ClNO3. The van der Waals surface area contributed by atoms with Crippen molar-refractivity contribution in [2.24, 2.45) is 0 Å². The van der Waals surface area contributed by atoms with E-state index in [4.69, 9.17) is 26.8 Å². The number of anilines is 1. The minimum Gasteiger partial charge on any atom is -0.492 e. The Morgan fingerprint density at radius 3 is 2.62 bits per heavy atom. The Morgan fingerprint density at radius 2 is 2.06 bits per heavy atom. The molecule has 0 aliphatic rings. The van der Waals surface area contributed by atoms with Crippen LogP contribution in [0.1, 0.15) is 24.2 Å². The molecule has 0 aromatic heterocycles. The molecule has 0 saturated carbocycles. The number of benzene rings is 1. The minimum atomic E-state index is -0.484. The predicted octanol–water partition coefficient (Wildman–Crippen LogP) is 2.50. The zero-order valence-electron chi connectivity index (χ0n) is 9.25. The summed E-state index contributed by atoms with van der Waals surface area (Å²) >= 11 is 5.93. The Bertz CT molecular complexity index is 393. The molecule has 2 N–H and O–H groups in total. The fourth-order valence-electron chi connectivity index (χ4n) is 1.22. The van der Waals surface area contributed by atoms with Gasteiger partial charge in [0.1, 0.15) is 5.75 Å². The number of esters is 1. The van der Waals surface area contributed by atoms with Crippen LogP contribution in [-0.4, -0.2) is 19.2 Å². The van der Waals surface area contributed by atoms with E-state index in [1.165, 1.54) is 12.1 Å². The highest BCUT2D eigenvalue weighted by Gasteiger charge is 2.14. The SMILES string of the molecule is CCOC(=O)c1cc(N)c(OCC)cc1Cl. The van der Waals surface area contributed by atoms with Gasteiger partial charge in [0.2, 0.25) is 0 Å². The second kappa shape index (κ2) is 5.61. The Hall–Kier alpha value is -1.42. The standard InChI is InChI=1S/C11H14ClNO3/c1-3-15-10-6-8(12)7(5-9(10)13)11(14)16-4-2/h5-6H,3-4,13H2,1-2H3. The van der Waals surface area contributed by atoms with Crippen molar-refractivity contribution in [2.45, 2.75) is 13.8 Å². The highest BCUT2D eigenvalue weighted by molar-refractivity contribution is 6.33. The third-order valence-corrected chi connectivity index (χ3v) is 2.21. The monoisotopic (exact) mass is 243 g/mol. The van der Waals surface area contributed by atoms with E-state index in [1.54, 1.807) is 6.92 Å². The summed E-state index contributed by atoms with van der Waals surface area (Å²) in [6.07, 6.45) is 0. The Kier molecular flexibility index (Phi) is 4.43. The van der Waals surface area contributed by atoms with Crippen LogP contribution in [0.3, 0.4) is 0 Å². The van der Waals surface area contributed by atoms with Crippen LogP contribution in [0.25, 0.3) is 0 Å². The van der Waals surface area contributed by atoms with E-state index in [1.807, 2.05) is 6.92 Å². The Morgan fingerprint density at radius 1 is 1.38 bits per heavy atom. The smallest absolute Gasteiger partial charge is 0.339 e. The molecule has 0 aliphatic heterocycles. The van der Waals surface area contributed by atoms with Crippen LogP contribution in [0.4, 0.5) is 5.69 Å². The van der Waals surface area contributed by atoms with Crippen LogP contribution in [0.15, 0.2) is 12.1 Å². The number of hydrogen-bond acceptors (Lipinski definition) is 4. The van der Waals surface area contributed by atoms with Crippen molar-refractivity contribution in [3.05, 3.63) is 22.7 Å². The van der Waals surface area contributed by atoms with Gasteiger partial charge in [0.05, 0.1) is 29.5 Å². The number of carbonyl (C=O) groups excluding carboxylic acids is 1. The summed E-state index contributed by atoms with van der Waals surface area (Å²) in [6, 6.07) is 2.98. The van der Waals surface area contributed by atoms with Gasteiger partial charge in [0.25, 0.3) is 0 Å². The molecule has 1 aromatic carbocycles. The quantitative estimate of drug-likeness (QED) is 0.652. The van der Waals surface area contributed by atoms with Crippen LogP contribution in [0.5, 0.6) is 5.75 Å². The molecule has 0 bridgehead atoms. The summed E-state index contributed by atoms with van der Waals surface area (Å²) in [6.45, 7) is 4.35. The van der Waals surface area contributed by atoms with Crippen molar-refractivity contribution in [3.63, 3.8) is 0 Å². The zero-order valence-corrected chi connectivity index (χ0v) is 10.0. The molecule has 4 nitrogen and oxygen atoms in total. The molecule has 0 atom stereocenters. The number of nitrogen functional groups attached to an aromatic ring is 1. The number of rotatable bonds is 4. The van der Waals surface area contributed by atoms with Crippen molar-refractivity contribution in [1.29, 1.82) is 0 Å². The van der Waals surface area contributed by atoms with E-state index >= 15 is 0 Å². The first-order valence-electron chi connectivity index (χ1n) is 4.99. The predicted molar refractivity (Wildman–Crippen MR) is 63.0 cm³/mol. The normalized spacial score (nSPS) is 9.94. The molecule has 0 amide bonds. The average molecular weight is 244 g/mol. The molecule has 0 unspecified atom stereocenters. The molecule has 0 heterocycles. The number of ether oxygens (including phenoxy) is 2. The van der Waals surface area contributed by atoms with Gasteiger partial charge in [-0.1, -0.05) is 11.6 Å². The van der Waals surface area contributed by atoms with Crippen LogP contribution in [-0.2, 0) is 4.74 Å². The number of halogens is 1. The van der Waals surface area contributed by atoms with Crippen LogP contribution in [0, 0.1) is 0 Å². The van der Waals surface area contributed by atoms with Gasteiger partial charge < -0.3 is 15.2 Å². The number of hydrogen-bond donors (Lipinski definition) is 1. The third-order valence-electron chi connectivity index (χ3n) is 1.89. The Labute approximate surface area is 99.3 Å². The lowest BCUT2D eigenvalue weighted by Crippen LogP contribution is -2.07. The number of nitrogens with two attached hydrogens (primary N) is 1. The summed E-state index contributed by atoms with van der Waals surface area (Å²) in [4.78, 5) is 11.5. The van der Waals surface area contributed by atoms with Gasteiger partial charge in [-0.15, -0.1) is 0 Å². The lowest BCUT2D eigenvalue weighted by Gasteiger charge is -2.10. The van der Waals surface area contributed by atoms with Crippen molar-refractivity contribution in [3.8, 4) is 5.75 Å². The van der Waals surface area contributed by atoms with Gasteiger partial charge in [-0.2, -0.15) is 0 Å². The van der Waals surface area contributed by atoms with Gasteiger partial charge >= 0.3 is 5.97 Å². The summed E-state index contributed by atoms with van der Waals surface area (Å²) in [5.41, 5.74) is 6.34. The third kappa shape index (κ3) is 2.79. The largest absolute Gasteiger partial charge is 0.492 e. The lowest BCUT2D eigenvalue weighted by molar-refractivity contribution is 0.0526. The molecule has 88 valence electrons. The topological polar surface area (TPSA) is 61.5 Å². The van der Waals surface area contributed by atoms with E-state index in [-0.39, 0.29) is 10.6 Å². The fraction of sp³-hybridized carbons (Fsp3) is 0.364.